The third kappa shape index (κ3) is 5.53. The van der Waals surface area contributed by atoms with Crippen LogP contribution in [-0.2, 0) is 14.2 Å². The summed E-state index contributed by atoms with van der Waals surface area (Å²) in [4.78, 5) is 0. The van der Waals surface area contributed by atoms with E-state index in [-0.39, 0.29) is 0 Å². The van der Waals surface area contributed by atoms with E-state index >= 15 is 0 Å². The highest BCUT2D eigenvalue weighted by molar-refractivity contribution is 4.92. The Morgan fingerprint density at radius 1 is 0.560 bits per heavy atom. The van der Waals surface area contributed by atoms with Crippen LogP contribution in [0.1, 0.15) is 0 Å². The Morgan fingerprint density at radius 3 is 1.24 bits per heavy atom. The zero-order valence-corrected chi connectivity index (χ0v) is 10.5. The maximum absolute atomic E-state index is 13.3. The third-order valence-electron chi connectivity index (χ3n) is 1.72. The van der Waals surface area contributed by atoms with Crippen molar-refractivity contribution in [1.29, 1.82) is 0 Å². The van der Waals surface area contributed by atoms with E-state index in [4.69, 9.17) is 0 Å². The monoisotopic (exact) mass is 410 g/mol. The van der Waals surface area contributed by atoms with Crippen molar-refractivity contribution in [3.05, 3.63) is 24.2 Å². The first kappa shape index (κ1) is 23.1. The average molecular weight is 410 g/mol. The van der Waals surface area contributed by atoms with Gasteiger partial charge in [0.15, 0.2) is 0 Å². The first-order chi connectivity index (χ1) is 10.9. The van der Waals surface area contributed by atoms with Crippen LogP contribution in [0.5, 0.6) is 0 Å². The van der Waals surface area contributed by atoms with Gasteiger partial charge in [0.05, 0.1) is 0 Å². The summed E-state index contributed by atoms with van der Waals surface area (Å²) in [5.74, 6) is -7.16. The van der Waals surface area contributed by atoms with Crippen LogP contribution < -0.4 is 0 Å². The van der Waals surface area contributed by atoms with Gasteiger partial charge in [-0.05, 0) is 0 Å². The molecule has 0 aromatic heterocycles. The number of hydrogen-bond donors (Lipinski definition) is 0. The number of rotatable bonds is 7. The summed E-state index contributed by atoms with van der Waals surface area (Å²) in [7, 11) is 0. The molecule has 0 rings (SSSR count). The van der Waals surface area contributed by atoms with E-state index in [1.165, 1.54) is 0 Å². The van der Waals surface area contributed by atoms with Crippen LogP contribution in [0.3, 0.4) is 0 Å². The molecule has 148 valence electrons. The molecule has 0 bridgehead atoms. The van der Waals surface area contributed by atoms with E-state index in [0.717, 1.165) is 0 Å². The second-order valence-corrected chi connectivity index (χ2v) is 3.45. The predicted molar refractivity (Wildman–Crippen MR) is 43.7 cm³/mol. The van der Waals surface area contributed by atoms with Crippen molar-refractivity contribution >= 4 is 0 Å². The Kier molecular flexibility index (Phi) is 6.57. The van der Waals surface area contributed by atoms with Gasteiger partial charge in [0.25, 0.3) is 0 Å². The van der Waals surface area contributed by atoms with Gasteiger partial charge < -0.3 is 9.47 Å². The van der Waals surface area contributed by atoms with Gasteiger partial charge in [-0.15, -0.1) is 8.78 Å². The normalized spacial score (nSPS) is 15.3. The molecule has 0 aromatic rings. The van der Waals surface area contributed by atoms with Crippen LogP contribution in [0.15, 0.2) is 24.2 Å². The molecule has 25 heavy (non-hydrogen) atoms. The minimum atomic E-state index is -7.29. The smallest absolute Gasteiger partial charge is 0.398 e. The SMILES string of the molecule is FC(F)=C(F)OC(F)(F)OC(F)(C(F)(F)F)C(F)(F)OC(F)=C(F)F. The van der Waals surface area contributed by atoms with Crippen LogP contribution in [-0.4, -0.2) is 24.4 Å². The molecule has 0 saturated carbocycles. The number of halogens is 14. The van der Waals surface area contributed by atoms with Gasteiger partial charge in [0, 0.05) is 0 Å². The molecule has 0 aliphatic rings. The van der Waals surface area contributed by atoms with Gasteiger partial charge in [-0.1, -0.05) is 0 Å². The molecule has 1 atom stereocenters. The highest BCUT2D eigenvalue weighted by atomic mass is 19.4. The van der Waals surface area contributed by atoms with E-state index in [0.29, 0.717) is 0 Å². The molecule has 0 amide bonds. The fourth-order valence-electron chi connectivity index (χ4n) is 0.826. The summed E-state index contributed by atoms with van der Waals surface area (Å²) in [6.07, 6.45) is -28.4. The molecule has 1 unspecified atom stereocenters. The largest absolute Gasteiger partial charge is 0.540 e. The molecule has 0 N–H and O–H groups in total. The van der Waals surface area contributed by atoms with Crippen molar-refractivity contribution in [1.82, 2.24) is 0 Å². The second kappa shape index (κ2) is 7.12. The quantitative estimate of drug-likeness (QED) is 0.316. The lowest BCUT2D eigenvalue weighted by Gasteiger charge is -2.34. The van der Waals surface area contributed by atoms with E-state index in [2.05, 4.69) is 4.74 Å². The maximum atomic E-state index is 13.3. The van der Waals surface area contributed by atoms with Gasteiger partial charge in [0.1, 0.15) is 0 Å². The lowest BCUT2D eigenvalue weighted by molar-refractivity contribution is -0.534. The standard InChI is InChI=1S/C8F14O3/c9-1(10)3(13)23-7(19,20)5(15,6(16,17)18)25-8(21,22)24-4(14)2(11)12. The summed E-state index contributed by atoms with van der Waals surface area (Å²) < 4.78 is 177. The van der Waals surface area contributed by atoms with Gasteiger partial charge in [-0.2, -0.15) is 52.7 Å². The molecule has 0 spiro atoms. The molecule has 0 aliphatic heterocycles. The molecule has 0 aliphatic carbocycles. The summed E-state index contributed by atoms with van der Waals surface area (Å²) in [5, 5.41) is 0. The first-order valence-corrected chi connectivity index (χ1v) is 4.87. The predicted octanol–water partition coefficient (Wildman–Crippen LogP) is 5.48. The van der Waals surface area contributed by atoms with Crippen molar-refractivity contribution in [2.24, 2.45) is 0 Å². The summed E-state index contributed by atoms with van der Waals surface area (Å²) >= 11 is 0. The Hall–Kier alpha value is -1.94. The molecule has 0 heterocycles. The van der Waals surface area contributed by atoms with E-state index in [9.17, 15) is 61.5 Å². The lowest BCUT2D eigenvalue weighted by Crippen LogP contribution is -2.61. The number of hydrogen-bond acceptors (Lipinski definition) is 3. The van der Waals surface area contributed by atoms with Crippen LogP contribution in [0.4, 0.5) is 61.5 Å². The van der Waals surface area contributed by atoms with Crippen molar-refractivity contribution < 1.29 is 75.7 Å². The van der Waals surface area contributed by atoms with Crippen molar-refractivity contribution in [3.8, 4) is 0 Å². The number of alkyl halides is 8. The Balaban J connectivity index is 5.93. The van der Waals surface area contributed by atoms with Crippen molar-refractivity contribution in [2.45, 2.75) is 24.4 Å². The van der Waals surface area contributed by atoms with Gasteiger partial charge in [-0.3, -0.25) is 0 Å². The minimum Gasteiger partial charge on any atom is -0.398 e. The fourth-order valence-corrected chi connectivity index (χ4v) is 0.826. The Morgan fingerprint density at radius 2 is 0.920 bits per heavy atom. The molecule has 0 radical (unpaired) electrons. The first-order valence-electron chi connectivity index (χ1n) is 4.87. The molecule has 17 heteroatoms. The van der Waals surface area contributed by atoms with E-state index in [1.807, 2.05) is 4.74 Å². The van der Waals surface area contributed by atoms with Crippen molar-refractivity contribution in [3.63, 3.8) is 0 Å². The zero-order valence-electron chi connectivity index (χ0n) is 10.5. The van der Waals surface area contributed by atoms with Crippen LogP contribution in [0, 0.1) is 0 Å². The van der Waals surface area contributed by atoms with Gasteiger partial charge in [-0.25, -0.2) is 4.74 Å². The zero-order chi connectivity index (χ0) is 20.4. The molecule has 0 fully saturated rings. The highest BCUT2D eigenvalue weighted by Crippen LogP contribution is 2.50. The molecule has 0 aromatic carbocycles. The number of ether oxygens (including phenoxy) is 3. The summed E-state index contributed by atoms with van der Waals surface area (Å²) in [5.41, 5.74) is 0. The van der Waals surface area contributed by atoms with E-state index < -0.39 is 48.6 Å². The summed E-state index contributed by atoms with van der Waals surface area (Å²) in [6.45, 7) is 0. The van der Waals surface area contributed by atoms with Crippen LogP contribution in [0.2, 0.25) is 0 Å². The molecular weight excluding hydrogens is 410 g/mol. The molecule has 0 saturated heterocycles. The Bertz CT molecular complexity index is 543. The highest BCUT2D eigenvalue weighted by Gasteiger charge is 2.79. The van der Waals surface area contributed by atoms with E-state index in [1.54, 1.807) is 4.74 Å². The van der Waals surface area contributed by atoms with Crippen molar-refractivity contribution in [2.75, 3.05) is 0 Å². The maximum Gasteiger partial charge on any atom is 0.540 e. The Labute approximate surface area is 126 Å². The molecular formula is C8F14O3. The summed E-state index contributed by atoms with van der Waals surface area (Å²) in [6, 6.07) is -7.50. The van der Waals surface area contributed by atoms with Crippen LogP contribution >= 0.6 is 0 Å². The average Bonchev–Trinajstić information content (AvgIpc) is 2.34. The topological polar surface area (TPSA) is 27.7 Å². The molecule has 3 nitrogen and oxygen atoms in total. The third-order valence-corrected chi connectivity index (χ3v) is 1.72. The van der Waals surface area contributed by atoms with Gasteiger partial charge >= 0.3 is 48.6 Å². The second-order valence-electron chi connectivity index (χ2n) is 3.45. The lowest BCUT2D eigenvalue weighted by atomic mass is 10.2. The van der Waals surface area contributed by atoms with Gasteiger partial charge in [0.2, 0.25) is 0 Å². The fraction of sp³-hybridized carbons (Fsp3) is 0.500. The van der Waals surface area contributed by atoms with Crippen LogP contribution in [0.25, 0.3) is 0 Å². The minimum absolute atomic E-state index is 1.79.